The Labute approximate surface area is 179 Å². The maximum atomic E-state index is 12.3. The van der Waals surface area contributed by atoms with Gasteiger partial charge in [0.05, 0.1) is 5.69 Å². The van der Waals surface area contributed by atoms with Gasteiger partial charge in [-0.2, -0.15) is 0 Å². The maximum Gasteiger partial charge on any atom is 0.251 e. The number of carbonyl (C=O) groups is 1. The van der Waals surface area contributed by atoms with Crippen LogP contribution in [0, 0.1) is 6.92 Å². The van der Waals surface area contributed by atoms with Crippen molar-refractivity contribution >= 4 is 40.2 Å². The number of para-hydroxylation sites is 1. The van der Waals surface area contributed by atoms with E-state index in [0.717, 1.165) is 33.1 Å². The quantitative estimate of drug-likeness (QED) is 0.283. The molecule has 1 aromatic heterocycles. The second-order valence-electron chi connectivity index (χ2n) is 6.85. The van der Waals surface area contributed by atoms with E-state index in [4.69, 9.17) is 11.6 Å². The minimum absolute atomic E-state index is 0.0394. The van der Waals surface area contributed by atoms with E-state index in [1.54, 1.807) is 11.8 Å². The van der Waals surface area contributed by atoms with Crippen molar-refractivity contribution in [1.82, 2.24) is 10.3 Å². The van der Waals surface area contributed by atoms with E-state index in [9.17, 15) is 4.79 Å². The minimum atomic E-state index is -0.0394. The number of H-pyrrole nitrogens is 1. The highest BCUT2D eigenvalue weighted by molar-refractivity contribution is 7.99. The molecule has 4 aromatic rings. The molecule has 0 atom stereocenters. The van der Waals surface area contributed by atoms with Crippen LogP contribution in [0.1, 0.15) is 15.9 Å². The fourth-order valence-electron chi connectivity index (χ4n) is 3.21. The number of halogens is 1. The van der Waals surface area contributed by atoms with Crippen molar-refractivity contribution < 1.29 is 4.79 Å². The van der Waals surface area contributed by atoms with E-state index in [1.807, 2.05) is 67.6 Å². The minimum Gasteiger partial charge on any atom is -0.354 e. The Morgan fingerprint density at radius 3 is 2.48 bits per heavy atom. The van der Waals surface area contributed by atoms with Gasteiger partial charge in [-0.3, -0.25) is 4.79 Å². The van der Waals surface area contributed by atoms with E-state index >= 15 is 0 Å². The summed E-state index contributed by atoms with van der Waals surface area (Å²) in [5.41, 5.74) is 5.11. The molecule has 3 aromatic carbocycles. The lowest BCUT2D eigenvalue weighted by Crippen LogP contribution is -2.25. The fourth-order valence-corrected chi connectivity index (χ4v) is 4.39. The molecule has 0 spiro atoms. The molecule has 0 aliphatic heterocycles. The van der Waals surface area contributed by atoms with Gasteiger partial charge < -0.3 is 10.3 Å². The highest BCUT2D eigenvalue weighted by atomic mass is 35.5. The molecule has 5 heteroatoms. The lowest BCUT2D eigenvalue weighted by molar-refractivity contribution is 0.0956. The van der Waals surface area contributed by atoms with Gasteiger partial charge in [0.15, 0.2) is 0 Å². The van der Waals surface area contributed by atoms with Crippen LogP contribution in [0.15, 0.2) is 77.7 Å². The highest BCUT2D eigenvalue weighted by Crippen LogP contribution is 2.37. The van der Waals surface area contributed by atoms with Crippen LogP contribution in [0.4, 0.5) is 0 Å². The molecule has 0 bridgehead atoms. The summed E-state index contributed by atoms with van der Waals surface area (Å²) in [5.74, 6) is 0.738. The van der Waals surface area contributed by atoms with Gasteiger partial charge in [0.1, 0.15) is 0 Å². The normalized spacial score (nSPS) is 11.0. The van der Waals surface area contributed by atoms with Crippen molar-refractivity contribution in [2.24, 2.45) is 0 Å². The molecule has 2 N–H and O–H groups in total. The predicted octanol–water partition coefficient (Wildman–Crippen LogP) is 6.32. The zero-order valence-electron chi connectivity index (χ0n) is 16.0. The average molecular weight is 421 g/mol. The summed E-state index contributed by atoms with van der Waals surface area (Å²) in [4.78, 5) is 17.0. The van der Waals surface area contributed by atoms with Gasteiger partial charge in [-0.15, -0.1) is 11.8 Å². The average Bonchev–Trinajstić information content (AvgIpc) is 3.10. The number of amides is 1. The monoisotopic (exact) mass is 420 g/mol. The van der Waals surface area contributed by atoms with Gasteiger partial charge >= 0.3 is 0 Å². The van der Waals surface area contributed by atoms with Crippen LogP contribution in [-0.4, -0.2) is 23.2 Å². The third-order valence-corrected chi connectivity index (χ3v) is 6.11. The number of hydrogen-bond donors (Lipinski definition) is 2. The summed E-state index contributed by atoms with van der Waals surface area (Å²) in [6.45, 7) is 2.61. The zero-order chi connectivity index (χ0) is 20.2. The molecule has 0 fully saturated rings. The number of fused-ring (bicyclic) bond motifs is 1. The summed E-state index contributed by atoms with van der Waals surface area (Å²) >= 11 is 7.80. The van der Waals surface area contributed by atoms with Crippen LogP contribution in [0.2, 0.25) is 5.02 Å². The number of rotatable bonds is 6. The largest absolute Gasteiger partial charge is 0.354 e. The van der Waals surface area contributed by atoms with Crippen molar-refractivity contribution in [3.05, 3.63) is 88.9 Å². The van der Waals surface area contributed by atoms with Crippen LogP contribution in [-0.2, 0) is 0 Å². The first kappa shape index (κ1) is 19.6. The van der Waals surface area contributed by atoms with Crippen molar-refractivity contribution in [2.75, 3.05) is 12.3 Å². The molecule has 0 saturated heterocycles. The van der Waals surface area contributed by atoms with E-state index < -0.39 is 0 Å². The summed E-state index contributed by atoms with van der Waals surface area (Å²) < 4.78 is 0. The first-order valence-corrected chi connectivity index (χ1v) is 10.8. The topological polar surface area (TPSA) is 44.9 Å². The van der Waals surface area contributed by atoms with Crippen molar-refractivity contribution in [3.63, 3.8) is 0 Å². The number of hydrogen-bond acceptors (Lipinski definition) is 2. The zero-order valence-corrected chi connectivity index (χ0v) is 17.6. The standard InChI is InChI=1S/C24H21ClN2OS/c1-16-6-8-18(9-7-16)24(28)26-14-15-29-23-20-4-2-3-5-21(20)27-22(23)17-10-12-19(25)13-11-17/h2-13,27H,14-15H2,1H3,(H,26,28). The second-order valence-corrected chi connectivity index (χ2v) is 8.39. The molecule has 29 heavy (non-hydrogen) atoms. The van der Waals surface area contributed by atoms with Crippen molar-refractivity contribution in [1.29, 1.82) is 0 Å². The molecular weight excluding hydrogens is 400 g/mol. The van der Waals surface area contributed by atoms with Crippen molar-refractivity contribution in [2.45, 2.75) is 11.8 Å². The molecule has 0 aliphatic rings. The third kappa shape index (κ3) is 4.50. The predicted molar refractivity (Wildman–Crippen MR) is 123 cm³/mol. The number of carbonyl (C=O) groups excluding carboxylic acids is 1. The SMILES string of the molecule is Cc1ccc(C(=O)NCCSc2c(-c3ccc(Cl)cc3)[nH]c3ccccc23)cc1. The molecule has 4 rings (SSSR count). The Balaban J connectivity index is 1.48. The molecule has 0 unspecified atom stereocenters. The van der Waals surface area contributed by atoms with Crippen LogP contribution in [0.25, 0.3) is 22.2 Å². The van der Waals surface area contributed by atoms with E-state index in [-0.39, 0.29) is 5.91 Å². The molecular formula is C24H21ClN2OS. The Morgan fingerprint density at radius 2 is 1.72 bits per heavy atom. The van der Waals surface area contributed by atoms with Gasteiger partial charge in [0, 0.05) is 38.7 Å². The number of thioether (sulfide) groups is 1. The number of aryl methyl sites for hydroxylation is 1. The number of aromatic nitrogens is 1. The summed E-state index contributed by atoms with van der Waals surface area (Å²) in [5, 5.41) is 4.92. The number of nitrogens with one attached hydrogen (secondary N) is 2. The lowest BCUT2D eigenvalue weighted by atomic mass is 10.1. The first-order chi connectivity index (χ1) is 14.1. The van der Waals surface area contributed by atoms with Gasteiger partial charge in [0.25, 0.3) is 5.91 Å². The summed E-state index contributed by atoms with van der Waals surface area (Å²) in [6, 6.07) is 23.8. The Kier molecular flexibility index (Phi) is 5.93. The molecule has 1 heterocycles. The Morgan fingerprint density at radius 1 is 1.00 bits per heavy atom. The molecule has 0 radical (unpaired) electrons. The molecule has 0 saturated carbocycles. The maximum absolute atomic E-state index is 12.3. The first-order valence-electron chi connectivity index (χ1n) is 9.46. The van der Waals surface area contributed by atoms with Gasteiger partial charge in [-0.25, -0.2) is 0 Å². The number of benzene rings is 3. The van der Waals surface area contributed by atoms with Crippen LogP contribution < -0.4 is 5.32 Å². The molecule has 3 nitrogen and oxygen atoms in total. The van der Waals surface area contributed by atoms with Crippen LogP contribution in [0.3, 0.4) is 0 Å². The van der Waals surface area contributed by atoms with Gasteiger partial charge in [-0.1, -0.05) is 59.6 Å². The summed E-state index contributed by atoms with van der Waals surface area (Å²) in [6.07, 6.45) is 0. The fraction of sp³-hybridized carbons (Fsp3) is 0.125. The van der Waals surface area contributed by atoms with Gasteiger partial charge in [0.2, 0.25) is 0 Å². The van der Waals surface area contributed by atoms with E-state index in [2.05, 4.69) is 22.4 Å². The molecule has 146 valence electrons. The molecule has 0 aliphatic carbocycles. The van der Waals surface area contributed by atoms with E-state index in [1.165, 1.54) is 10.3 Å². The summed E-state index contributed by atoms with van der Waals surface area (Å²) in [7, 11) is 0. The lowest BCUT2D eigenvalue weighted by Gasteiger charge is -2.07. The highest BCUT2D eigenvalue weighted by Gasteiger charge is 2.14. The Hall–Kier alpha value is -2.69. The molecule has 1 amide bonds. The second kappa shape index (κ2) is 8.76. The number of aromatic amines is 1. The Bertz CT molecular complexity index is 1130. The third-order valence-electron chi connectivity index (χ3n) is 4.74. The smallest absolute Gasteiger partial charge is 0.251 e. The van der Waals surface area contributed by atoms with Crippen molar-refractivity contribution in [3.8, 4) is 11.3 Å². The van der Waals surface area contributed by atoms with Crippen LogP contribution in [0.5, 0.6) is 0 Å². The van der Waals surface area contributed by atoms with E-state index in [0.29, 0.717) is 12.1 Å². The van der Waals surface area contributed by atoms with Gasteiger partial charge in [-0.05, 0) is 42.8 Å². The van der Waals surface area contributed by atoms with Crippen LogP contribution >= 0.6 is 23.4 Å².